The fourth-order valence-corrected chi connectivity index (χ4v) is 2.62. The molecule has 0 radical (unpaired) electrons. The van der Waals surface area contributed by atoms with E-state index in [0.717, 1.165) is 30.5 Å². The molecule has 1 aromatic rings. The molecule has 0 unspecified atom stereocenters. The molecule has 1 aromatic heterocycles. The van der Waals surface area contributed by atoms with Crippen LogP contribution in [0.1, 0.15) is 18.5 Å². The maximum atomic E-state index is 5.15. The molecule has 0 bridgehead atoms. The van der Waals surface area contributed by atoms with Gasteiger partial charge in [0.05, 0.1) is 12.3 Å². The lowest BCUT2D eigenvalue weighted by Crippen LogP contribution is -2.29. The Bertz CT molecular complexity index is 325. The first-order valence-corrected chi connectivity index (χ1v) is 6.57. The average molecular weight is 241 g/mol. The molecule has 1 saturated carbocycles. The van der Waals surface area contributed by atoms with Crippen molar-refractivity contribution >= 4 is 16.5 Å². The van der Waals surface area contributed by atoms with Gasteiger partial charge in [0, 0.05) is 31.6 Å². The van der Waals surface area contributed by atoms with E-state index in [0.29, 0.717) is 6.04 Å². The smallest absolute Gasteiger partial charge is 0.185 e. The maximum Gasteiger partial charge on any atom is 0.185 e. The van der Waals surface area contributed by atoms with Crippen molar-refractivity contribution in [3.8, 4) is 0 Å². The van der Waals surface area contributed by atoms with Crippen molar-refractivity contribution in [3.63, 3.8) is 0 Å². The fraction of sp³-hybridized carbons (Fsp3) is 0.727. The second-order valence-electron chi connectivity index (χ2n) is 4.07. The lowest BCUT2D eigenvalue weighted by molar-refractivity contribution is 0.205. The van der Waals surface area contributed by atoms with Crippen LogP contribution in [0, 0.1) is 0 Å². The number of nitrogens with one attached hydrogen (secondary N) is 1. The fourth-order valence-electron chi connectivity index (χ4n) is 1.70. The van der Waals surface area contributed by atoms with Crippen molar-refractivity contribution in [3.05, 3.63) is 11.1 Å². The van der Waals surface area contributed by atoms with Crippen LogP contribution in [0.15, 0.2) is 5.38 Å². The van der Waals surface area contributed by atoms with Gasteiger partial charge in [0.15, 0.2) is 5.13 Å². The van der Waals surface area contributed by atoms with Crippen molar-refractivity contribution in [2.24, 2.45) is 0 Å². The Kier molecular flexibility index (Phi) is 4.15. The van der Waals surface area contributed by atoms with Gasteiger partial charge in [0.2, 0.25) is 0 Å². The normalized spacial score (nSPS) is 15.4. The van der Waals surface area contributed by atoms with Gasteiger partial charge in [0.25, 0.3) is 0 Å². The van der Waals surface area contributed by atoms with Gasteiger partial charge in [0.1, 0.15) is 0 Å². The number of ether oxygens (including phenoxy) is 1. The van der Waals surface area contributed by atoms with Crippen LogP contribution in [0.5, 0.6) is 0 Å². The molecule has 16 heavy (non-hydrogen) atoms. The molecule has 0 saturated heterocycles. The summed E-state index contributed by atoms with van der Waals surface area (Å²) < 4.78 is 5.15. The standard InChI is InChI=1S/C11H19N3OS/c1-12-7-9-8-16-11(13-9)14(5-6-15-2)10-3-4-10/h8,10,12H,3-7H2,1-2H3. The van der Waals surface area contributed by atoms with Gasteiger partial charge in [-0.3, -0.25) is 0 Å². The largest absolute Gasteiger partial charge is 0.383 e. The Morgan fingerprint density at radius 1 is 1.62 bits per heavy atom. The summed E-state index contributed by atoms with van der Waals surface area (Å²) in [6.07, 6.45) is 2.59. The third kappa shape index (κ3) is 2.93. The third-order valence-corrected chi connectivity index (χ3v) is 3.59. The molecule has 1 heterocycles. The summed E-state index contributed by atoms with van der Waals surface area (Å²) >= 11 is 1.74. The zero-order valence-corrected chi connectivity index (χ0v) is 10.7. The topological polar surface area (TPSA) is 37.4 Å². The number of thiazole rings is 1. The minimum atomic E-state index is 0.698. The zero-order valence-electron chi connectivity index (χ0n) is 9.90. The van der Waals surface area contributed by atoms with Crippen LogP contribution in [0.25, 0.3) is 0 Å². The van der Waals surface area contributed by atoms with Gasteiger partial charge in [-0.2, -0.15) is 0 Å². The first-order chi connectivity index (χ1) is 7.85. The van der Waals surface area contributed by atoms with Crippen LogP contribution in [0.3, 0.4) is 0 Å². The summed E-state index contributed by atoms with van der Waals surface area (Å²) in [7, 11) is 3.70. The third-order valence-electron chi connectivity index (χ3n) is 2.67. The van der Waals surface area contributed by atoms with Gasteiger partial charge >= 0.3 is 0 Å². The second-order valence-corrected chi connectivity index (χ2v) is 4.91. The van der Waals surface area contributed by atoms with Gasteiger partial charge in [-0.05, 0) is 19.9 Å². The molecule has 1 N–H and O–H groups in total. The molecule has 0 spiro atoms. The highest BCUT2D eigenvalue weighted by Crippen LogP contribution is 2.33. The van der Waals surface area contributed by atoms with Gasteiger partial charge in [-0.25, -0.2) is 4.98 Å². The minimum Gasteiger partial charge on any atom is -0.383 e. The van der Waals surface area contributed by atoms with E-state index in [1.165, 1.54) is 12.8 Å². The summed E-state index contributed by atoms with van der Waals surface area (Å²) in [5, 5.41) is 6.40. The van der Waals surface area contributed by atoms with Crippen LogP contribution < -0.4 is 10.2 Å². The lowest BCUT2D eigenvalue weighted by atomic mass is 10.5. The Morgan fingerprint density at radius 3 is 3.06 bits per heavy atom. The predicted molar refractivity (Wildman–Crippen MR) is 67.1 cm³/mol. The molecule has 90 valence electrons. The van der Waals surface area contributed by atoms with Gasteiger partial charge in [-0.1, -0.05) is 0 Å². The molecule has 2 rings (SSSR count). The van der Waals surface area contributed by atoms with E-state index in [4.69, 9.17) is 4.74 Å². The summed E-state index contributed by atoms with van der Waals surface area (Å²) in [4.78, 5) is 7.02. The van der Waals surface area contributed by atoms with Crippen LogP contribution >= 0.6 is 11.3 Å². The zero-order chi connectivity index (χ0) is 11.4. The average Bonchev–Trinajstić information content (AvgIpc) is 3.01. The van der Waals surface area contributed by atoms with Gasteiger partial charge < -0.3 is 15.0 Å². The van der Waals surface area contributed by atoms with Crippen LogP contribution in [0.2, 0.25) is 0 Å². The van der Waals surface area contributed by atoms with E-state index >= 15 is 0 Å². The SMILES string of the molecule is CNCc1csc(N(CCOC)C2CC2)n1. The molecule has 1 aliphatic carbocycles. The van der Waals surface area contributed by atoms with E-state index < -0.39 is 0 Å². The summed E-state index contributed by atoms with van der Waals surface area (Å²) in [5.74, 6) is 0. The number of hydrogen-bond donors (Lipinski definition) is 1. The number of anilines is 1. The highest BCUT2D eigenvalue weighted by atomic mass is 32.1. The van der Waals surface area contributed by atoms with E-state index in [1.54, 1.807) is 18.4 Å². The summed E-state index contributed by atoms with van der Waals surface area (Å²) in [6, 6.07) is 0.698. The molecule has 1 fully saturated rings. The number of aromatic nitrogens is 1. The van der Waals surface area contributed by atoms with Crippen molar-refractivity contribution in [1.29, 1.82) is 0 Å². The van der Waals surface area contributed by atoms with Crippen LogP contribution in [-0.2, 0) is 11.3 Å². The molecule has 0 aliphatic heterocycles. The Labute approximate surface area is 101 Å². The summed E-state index contributed by atoms with van der Waals surface area (Å²) in [6.45, 7) is 2.57. The van der Waals surface area contributed by atoms with Crippen molar-refractivity contribution in [2.75, 3.05) is 32.2 Å². The Morgan fingerprint density at radius 2 is 2.44 bits per heavy atom. The van der Waals surface area contributed by atoms with E-state index in [-0.39, 0.29) is 0 Å². The quantitative estimate of drug-likeness (QED) is 0.784. The highest BCUT2D eigenvalue weighted by molar-refractivity contribution is 7.13. The highest BCUT2D eigenvalue weighted by Gasteiger charge is 2.30. The molecular weight excluding hydrogens is 222 g/mol. The molecule has 4 nitrogen and oxygen atoms in total. The Balaban J connectivity index is 1.99. The molecular formula is C11H19N3OS. The number of hydrogen-bond acceptors (Lipinski definition) is 5. The maximum absolute atomic E-state index is 5.15. The Hall–Kier alpha value is -0.650. The van der Waals surface area contributed by atoms with Crippen LogP contribution in [-0.4, -0.2) is 38.3 Å². The molecule has 5 heteroatoms. The van der Waals surface area contributed by atoms with Gasteiger partial charge in [-0.15, -0.1) is 11.3 Å². The lowest BCUT2D eigenvalue weighted by Gasteiger charge is -2.20. The van der Waals surface area contributed by atoms with E-state index in [2.05, 4.69) is 20.6 Å². The molecule has 0 aromatic carbocycles. The first kappa shape index (κ1) is 11.8. The molecule has 1 aliphatic rings. The minimum absolute atomic E-state index is 0.698. The van der Waals surface area contributed by atoms with Crippen molar-refractivity contribution < 1.29 is 4.74 Å². The molecule has 0 atom stereocenters. The second kappa shape index (κ2) is 5.61. The molecule has 0 amide bonds. The van der Waals surface area contributed by atoms with Crippen molar-refractivity contribution in [1.82, 2.24) is 10.3 Å². The summed E-state index contributed by atoms with van der Waals surface area (Å²) in [5.41, 5.74) is 1.13. The van der Waals surface area contributed by atoms with Crippen molar-refractivity contribution in [2.45, 2.75) is 25.4 Å². The van der Waals surface area contributed by atoms with E-state index in [1.807, 2.05) is 7.05 Å². The predicted octanol–water partition coefficient (Wildman–Crippen LogP) is 1.48. The van der Waals surface area contributed by atoms with E-state index in [9.17, 15) is 0 Å². The number of methoxy groups -OCH3 is 1. The number of rotatable bonds is 7. The first-order valence-electron chi connectivity index (χ1n) is 5.69. The number of nitrogens with zero attached hydrogens (tertiary/aromatic N) is 2. The monoisotopic (exact) mass is 241 g/mol. The van der Waals surface area contributed by atoms with Crippen LogP contribution in [0.4, 0.5) is 5.13 Å².